The minimum atomic E-state index is -0.691. The van der Waals surface area contributed by atoms with Crippen LogP contribution in [0.1, 0.15) is 44.7 Å². The molecule has 0 spiro atoms. The molecule has 0 saturated heterocycles. The molecule has 0 radical (unpaired) electrons. The fourth-order valence-corrected chi connectivity index (χ4v) is 1.85. The summed E-state index contributed by atoms with van der Waals surface area (Å²) in [6.45, 7) is 8.32. The largest absolute Gasteiger partial charge is 0.385 e. The quantitative estimate of drug-likeness (QED) is 0.797. The molecule has 1 rings (SSSR count). The van der Waals surface area contributed by atoms with Crippen LogP contribution in [0, 0.1) is 12.8 Å². The van der Waals surface area contributed by atoms with Crippen LogP contribution in [0.25, 0.3) is 0 Å². The van der Waals surface area contributed by atoms with E-state index in [1.807, 2.05) is 19.1 Å². The predicted octanol–water partition coefficient (Wildman–Crippen LogP) is 3.64. The lowest BCUT2D eigenvalue weighted by Crippen LogP contribution is -2.23. The summed E-state index contributed by atoms with van der Waals surface area (Å²) < 4.78 is 0. The Morgan fingerprint density at radius 2 is 1.80 bits per heavy atom. The van der Waals surface area contributed by atoms with Gasteiger partial charge in [0.05, 0.1) is 5.60 Å². The van der Waals surface area contributed by atoms with E-state index in [4.69, 9.17) is 0 Å². The van der Waals surface area contributed by atoms with Crippen molar-refractivity contribution < 1.29 is 5.11 Å². The molecule has 2 unspecified atom stereocenters. The summed E-state index contributed by atoms with van der Waals surface area (Å²) in [4.78, 5) is 0. The standard InChI is InChI=1S/C14H22O/c1-5-11(2)10-14(4,15)13-8-6-12(3)7-9-13/h6-9,11,15H,5,10H2,1-4H3. The van der Waals surface area contributed by atoms with E-state index in [1.54, 1.807) is 0 Å². The van der Waals surface area contributed by atoms with E-state index in [1.165, 1.54) is 5.56 Å². The smallest absolute Gasteiger partial charge is 0.0871 e. The molecule has 0 heterocycles. The number of hydrogen-bond donors (Lipinski definition) is 1. The van der Waals surface area contributed by atoms with Crippen molar-refractivity contribution in [1.82, 2.24) is 0 Å². The maximum absolute atomic E-state index is 10.4. The highest BCUT2D eigenvalue weighted by atomic mass is 16.3. The van der Waals surface area contributed by atoms with Crippen molar-refractivity contribution >= 4 is 0 Å². The Hall–Kier alpha value is -0.820. The minimum absolute atomic E-state index is 0.557. The van der Waals surface area contributed by atoms with Crippen LogP contribution in [0.4, 0.5) is 0 Å². The molecule has 0 aliphatic rings. The zero-order chi connectivity index (χ0) is 11.5. The van der Waals surface area contributed by atoms with Gasteiger partial charge in [-0.05, 0) is 31.7 Å². The lowest BCUT2D eigenvalue weighted by Gasteiger charge is -2.27. The van der Waals surface area contributed by atoms with Crippen molar-refractivity contribution in [3.63, 3.8) is 0 Å². The Balaban J connectivity index is 2.80. The van der Waals surface area contributed by atoms with Crippen LogP contribution in [0.5, 0.6) is 0 Å². The van der Waals surface area contributed by atoms with Gasteiger partial charge in [-0.25, -0.2) is 0 Å². The van der Waals surface area contributed by atoms with Crippen LogP contribution in [-0.2, 0) is 5.60 Å². The summed E-state index contributed by atoms with van der Waals surface area (Å²) in [7, 11) is 0. The van der Waals surface area contributed by atoms with E-state index in [2.05, 4.69) is 32.9 Å². The van der Waals surface area contributed by atoms with E-state index in [0.29, 0.717) is 5.92 Å². The van der Waals surface area contributed by atoms with Gasteiger partial charge in [0.25, 0.3) is 0 Å². The van der Waals surface area contributed by atoms with Crippen molar-refractivity contribution in [2.45, 2.75) is 46.1 Å². The Bertz CT molecular complexity index is 298. The highest BCUT2D eigenvalue weighted by Gasteiger charge is 2.24. The fraction of sp³-hybridized carbons (Fsp3) is 0.571. The maximum atomic E-state index is 10.4. The van der Waals surface area contributed by atoms with Gasteiger partial charge in [-0.2, -0.15) is 0 Å². The Morgan fingerprint density at radius 3 is 2.27 bits per heavy atom. The summed E-state index contributed by atoms with van der Waals surface area (Å²) in [6.07, 6.45) is 1.94. The van der Waals surface area contributed by atoms with Gasteiger partial charge < -0.3 is 5.11 Å². The molecule has 84 valence electrons. The first-order valence-electron chi connectivity index (χ1n) is 5.75. The van der Waals surface area contributed by atoms with Gasteiger partial charge in [0.15, 0.2) is 0 Å². The van der Waals surface area contributed by atoms with Gasteiger partial charge in [-0.1, -0.05) is 50.1 Å². The lowest BCUT2D eigenvalue weighted by atomic mass is 9.85. The molecule has 0 amide bonds. The van der Waals surface area contributed by atoms with Crippen molar-refractivity contribution in [3.05, 3.63) is 35.4 Å². The summed E-state index contributed by atoms with van der Waals surface area (Å²) in [6, 6.07) is 8.16. The highest BCUT2D eigenvalue weighted by Crippen LogP contribution is 2.29. The predicted molar refractivity (Wildman–Crippen MR) is 64.8 cm³/mol. The van der Waals surface area contributed by atoms with Gasteiger partial charge in [0, 0.05) is 0 Å². The van der Waals surface area contributed by atoms with Crippen LogP contribution < -0.4 is 0 Å². The average Bonchev–Trinajstić information content (AvgIpc) is 2.17. The molecule has 0 aromatic heterocycles. The molecule has 1 aromatic rings. The van der Waals surface area contributed by atoms with E-state index in [-0.39, 0.29) is 0 Å². The fourth-order valence-electron chi connectivity index (χ4n) is 1.85. The first-order valence-corrected chi connectivity index (χ1v) is 5.75. The molecule has 1 aromatic carbocycles. The molecule has 1 N–H and O–H groups in total. The van der Waals surface area contributed by atoms with Crippen LogP contribution in [0.2, 0.25) is 0 Å². The number of rotatable bonds is 4. The summed E-state index contributed by atoms with van der Waals surface area (Å²) in [5.74, 6) is 0.557. The number of benzene rings is 1. The summed E-state index contributed by atoms with van der Waals surface area (Å²) in [5.41, 5.74) is 1.56. The molecule has 15 heavy (non-hydrogen) atoms. The van der Waals surface area contributed by atoms with E-state index >= 15 is 0 Å². The normalized spacial score (nSPS) is 17.1. The van der Waals surface area contributed by atoms with E-state index < -0.39 is 5.60 Å². The molecule has 0 bridgehead atoms. The third-order valence-corrected chi connectivity index (χ3v) is 3.12. The van der Waals surface area contributed by atoms with Gasteiger partial charge in [-0.15, -0.1) is 0 Å². The van der Waals surface area contributed by atoms with Crippen molar-refractivity contribution in [2.24, 2.45) is 5.92 Å². The Morgan fingerprint density at radius 1 is 1.27 bits per heavy atom. The second kappa shape index (κ2) is 4.80. The number of aryl methyl sites for hydroxylation is 1. The minimum Gasteiger partial charge on any atom is -0.385 e. The van der Waals surface area contributed by atoms with Crippen LogP contribution in [0.3, 0.4) is 0 Å². The van der Waals surface area contributed by atoms with Crippen molar-refractivity contribution in [2.75, 3.05) is 0 Å². The monoisotopic (exact) mass is 206 g/mol. The second-order valence-electron chi connectivity index (χ2n) is 4.86. The first-order chi connectivity index (χ1) is 6.95. The molecular weight excluding hydrogens is 184 g/mol. The molecule has 1 nitrogen and oxygen atoms in total. The molecule has 0 fully saturated rings. The molecule has 2 atom stereocenters. The zero-order valence-electron chi connectivity index (χ0n) is 10.2. The van der Waals surface area contributed by atoms with Crippen molar-refractivity contribution in [1.29, 1.82) is 0 Å². The summed E-state index contributed by atoms with van der Waals surface area (Å²) >= 11 is 0. The third kappa shape index (κ3) is 3.35. The summed E-state index contributed by atoms with van der Waals surface area (Å²) in [5, 5.41) is 10.4. The van der Waals surface area contributed by atoms with Gasteiger partial charge in [-0.3, -0.25) is 0 Å². The van der Waals surface area contributed by atoms with E-state index in [0.717, 1.165) is 18.4 Å². The van der Waals surface area contributed by atoms with Crippen LogP contribution in [0.15, 0.2) is 24.3 Å². The average molecular weight is 206 g/mol. The molecule has 0 aliphatic carbocycles. The topological polar surface area (TPSA) is 20.2 Å². The van der Waals surface area contributed by atoms with Gasteiger partial charge in [0.2, 0.25) is 0 Å². The van der Waals surface area contributed by atoms with Gasteiger partial charge >= 0.3 is 0 Å². The third-order valence-electron chi connectivity index (χ3n) is 3.12. The Labute approximate surface area is 93.1 Å². The molecular formula is C14H22O. The van der Waals surface area contributed by atoms with Crippen LogP contribution in [-0.4, -0.2) is 5.11 Å². The molecule has 0 saturated carbocycles. The molecule has 1 heteroatoms. The maximum Gasteiger partial charge on any atom is 0.0871 e. The number of hydrogen-bond acceptors (Lipinski definition) is 1. The Kier molecular flexibility index (Phi) is 3.92. The SMILES string of the molecule is CCC(C)CC(C)(O)c1ccc(C)cc1. The highest BCUT2D eigenvalue weighted by molar-refractivity contribution is 5.25. The van der Waals surface area contributed by atoms with Crippen LogP contribution >= 0.6 is 0 Å². The second-order valence-corrected chi connectivity index (χ2v) is 4.86. The van der Waals surface area contributed by atoms with E-state index in [9.17, 15) is 5.11 Å². The number of aliphatic hydroxyl groups is 1. The first kappa shape index (κ1) is 12.3. The zero-order valence-corrected chi connectivity index (χ0v) is 10.2. The van der Waals surface area contributed by atoms with Gasteiger partial charge in [0.1, 0.15) is 0 Å². The molecule has 0 aliphatic heterocycles. The lowest BCUT2D eigenvalue weighted by molar-refractivity contribution is 0.0319. The van der Waals surface area contributed by atoms with Crippen molar-refractivity contribution in [3.8, 4) is 0 Å².